The summed E-state index contributed by atoms with van der Waals surface area (Å²) < 4.78 is 3.67. The molecule has 1 aliphatic rings. The fourth-order valence-electron chi connectivity index (χ4n) is 1.38. The summed E-state index contributed by atoms with van der Waals surface area (Å²) in [6, 6.07) is 0.439. The van der Waals surface area contributed by atoms with Gasteiger partial charge in [-0.3, -0.25) is 4.79 Å². The molecule has 0 atom stereocenters. The lowest BCUT2D eigenvalue weighted by Crippen LogP contribution is -2.40. The van der Waals surface area contributed by atoms with Gasteiger partial charge in [0.2, 0.25) is 0 Å². The molecule has 1 aliphatic carbocycles. The number of rotatable bonds is 2. The van der Waals surface area contributed by atoms with Crippen LogP contribution in [0, 0.1) is 0 Å². The zero-order chi connectivity index (χ0) is 9.26. The largest absolute Gasteiger partial charge is 0.338 e. The first kappa shape index (κ1) is 8.62. The Kier molecular flexibility index (Phi) is 2.26. The smallest absolute Gasteiger partial charge is 0.267 e. The molecule has 0 aliphatic heterocycles. The van der Waals surface area contributed by atoms with Crippen molar-refractivity contribution < 1.29 is 4.79 Å². The van der Waals surface area contributed by atoms with Crippen molar-refractivity contribution in [1.29, 1.82) is 0 Å². The number of carbonyl (C=O) groups excluding carboxylic acids is 1. The van der Waals surface area contributed by atoms with E-state index >= 15 is 0 Å². The average molecular weight is 197 g/mol. The summed E-state index contributed by atoms with van der Waals surface area (Å²) in [5, 5.41) is 3.65. The van der Waals surface area contributed by atoms with Crippen molar-refractivity contribution in [2.45, 2.75) is 25.3 Å². The van der Waals surface area contributed by atoms with E-state index in [0.29, 0.717) is 10.9 Å². The van der Waals surface area contributed by atoms with Gasteiger partial charge in [-0.05, 0) is 30.8 Å². The minimum absolute atomic E-state index is 0.0553. The van der Waals surface area contributed by atoms with E-state index in [4.69, 9.17) is 0 Å². The third-order valence-electron chi connectivity index (χ3n) is 2.51. The molecular weight excluding hydrogens is 186 g/mol. The Hall–Kier alpha value is -0.970. The van der Waals surface area contributed by atoms with Crippen molar-refractivity contribution in [2.75, 3.05) is 7.05 Å². The zero-order valence-electron chi connectivity index (χ0n) is 7.43. The summed E-state index contributed by atoms with van der Waals surface area (Å²) in [6.45, 7) is 0. The molecule has 0 radical (unpaired) electrons. The van der Waals surface area contributed by atoms with Gasteiger partial charge in [0.15, 0.2) is 0 Å². The van der Waals surface area contributed by atoms with Crippen molar-refractivity contribution in [2.24, 2.45) is 0 Å². The van der Waals surface area contributed by atoms with E-state index in [1.54, 1.807) is 4.90 Å². The predicted octanol–water partition coefficient (Wildman–Crippen LogP) is 1.16. The van der Waals surface area contributed by atoms with Crippen LogP contribution < -0.4 is 0 Å². The van der Waals surface area contributed by atoms with E-state index in [0.717, 1.165) is 24.4 Å². The minimum atomic E-state index is 0.0553. The Morgan fingerprint density at radius 1 is 1.69 bits per heavy atom. The monoisotopic (exact) mass is 197 g/mol. The highest BCUT2D eigenvalue weighted by Crippen LogP contribution is 2.24. The van der Waals surface area contributed by atoms with Crippen LogP contribution in [0.4, 0.5) is 0 Å². The molecule has 1 saturated carbocycles. The molecule has 13 heavy (non-hydrogen) atoms. The molecule has 1 aromatic heterocycles. The fraction of sp³-hybridized carbons (Fsp3) is 0.625. The van der Waals surface area contributed by atoms with Gasteiger partial charge in [-0.25, -0.2) is 0 Å². The van der Waals surface area contributed by atoms with Gasteiger partial charge in [0.1, 0.15) is 4.88 Å². The summed E-state index contributed by atoms with van der Waals surface area (Å²) in [7, 11) is 1.85. The molecule has 1 heterocycles. The third kappa shape index (κ3) is 1.56. The van der Waals surface area contributed by atoms with Gasteiger partial charge in [-0.15, -0.1) is 5.10 Å². The van der Waals surface area contributed by atoms with Gasteiger partial charge in [0, 0.05) is 13.1 Å². The Balaban J connectivity index is 2.04. The maximum absolute atomic E-state index is 11.7. The van der Waals surface area contributed by atoms with Crippen molar-refractivity contribution in [3.63, 3.8) is 0 Å². The zero-order valence-corrected chi connectivity index (χ0v) is 8.25. The second kappa shape index (κ2) is 3.41. The van der Waals surface area contributed by atoms with E-state index < -0.39 is 0 Å². The quantitative estimate of drug-likeness (QED) is 0.714. The number of hydrogen-bond donors (Lipinski definition) is 0. The lowest BCUT2D eigenvalue weighted by atomic mass is 9.92. The van der Waals surface area contributed by atoms with Gasteiger partial charge < -0.3 is 4.90 Å². The van der Waals surface area contributed by atoms with Gasteiger partial charge in [0.25, 0.3) is 5.91 Å². The highest BCUT2D eigenvalue weighted by Gasteiger charge is 2.26. The first-order chi connectivity index (χ1) is 6.29. The molecule has 1 amide bonds. The van der Waals surface area contributed by atoms with Crippen molar-refractivity contribution in [3.05, 3.63) is 11.1 Å². The van der Waals surface area contributed by atoms with Crippen LogP contribution in [0.15, 0.2) is 6.20 Å². The minimum Gasteiger partial charge on any atom is -0.338 e. The summed E-state index contributed by atoms with van der Waals surface area (Å²) in [5.41, 5.74) is 0. The molecule has 0 saturated heterocycles. The highest BCUT2D eigenvalue weighted by molar-refractivity contribution is 7.07. The molecular formula is C8H11N3OS. The van der Waals surface area contributed by atoms with Crippen molar-refractivity contribution in [1.82, 2.24) is 14.5 Å². The number of hydrogen-bond acceptors (Lipinski definition) is 4. The highest BCUT2D eigenvalue weighted by atomic mass is 32.1. The van der Waals surface area contributed by atoms with Crippen LogP contribution in [0.5, 0.6) is 0 Å². The van der Waals surface area contributed by atoms with Gasteiger partial charge in [-0.2, -0.15) is 0 Å². The molecule has 70 valence electrons. The molecule has 1 aromatic rings. The molecule has 0 N–H and O–H groups in total. The first-order valence-corrected chi connectivity index (χ1v) is 5.11. The lowest BCUT2D eigenvalue weighted by Gasteiger charge is -2.34. The standard InChI is InChI=1S/C8H11N3OS/c1-11(6-3-2-4-6)8(12)7-5-9-10-13-7/h5-6H,2-4H2,1H3. The van der Waals surface area contributed by atoms with E-state index in [1.165, 1.54) is 12.6 Å². The summed E-state index contributed by atoms with van der Waals surface area (Å²) >= 11 is 1.16. The first-order valence-electron chi connectivity index (χ1n) is 4.33. The van der Waals surface area contributed by atoms with Crippen LogP contribution in [0.3, 0.4) is 0 Å². The number of nitrogens with zero attached hydrogens (tertiary/aromatic N) is 3. The van der Waals surface area contributed by atoms with Crippen LogP contribution in [0.25, 0.3) is 0 Å². The molecule has 0 aromatic carbocycles. The van der Waals surface area contributed by atoms with Crippen molar-refractivity contribution >= 4 is 17.4 Å². The number of carbonyl (C=O) groups is 1. The second-order valence-electron chi connectivity index (χ2n) is 3.28. The van der Waals surface area contributed by atoms with E-state index in [2.05, 4.69) is 9.59 Å². The molecule has 0 bridgehead atoms. The Morgan fingerprint density at radius 2 is 2.46 bits per heavy atom. The van der Waals surface area contributed by atoms with Gasteiger partial charge in [0.05, 0.1) is 6.20 Å². The Bertz CT molecular complexity index is 294. The van der Waals surface area contributed by atoms with Crippen LogP contribution in [0.1, 0.15) is 28.9 Å². The molecule has 1 fully saturated rings. The van der Waals surface area contributed by atoms with Crippen LogP contribution >= 0.6 is 11.5 Å². The third-order valence-corrected chi connectivity index (χ3v) is 3.17. The molecule has 0 spiro atoms. The van der Waals surface area contributed by atoms with Gasteiger partial charge >= 0.3 is 0 Å². The van der Waals surface area contributed by atoms with Crippen LogP contribution in [-0.2, 0) is 0 Å². The van der Waals surface area contributed by atoms with E-state index in [9.17, 15) is 4.79 Å². The van der Waals surface area contributed by atoms with Gasteiger partial charge in [-0.1, -0.05) is 4.49 Å². The topological polar surface area (TPSA) is 46.1 Å². The summed E-state index contributed by atoms with van der Waals surface area (Å²) in [6.07, 6.45) is 5.04. The average Bonchev–Trinajstić information content (AvgIpc) is 2.51. The molecule has 4 nitrogen and oxygen atoms in total. The van der Waals surface area contributed by atoms with Crippen molar-refractivity contribution in [3.8, 4) is 0 Å². The second-order valence-corrected chi connectivity index (χ2v) is 4.07. The number of amides is 1. The maximum atomic E-state index is 11.7. The Morgan fingerprint density at radius 3 is 2.92 bits per heavy atom. The van der Waals surface area contributed by atoms with Crippen LogP contribution in [-0.4, -0.2) is 33.5 Å². The predicted molar refractivity (Wildman–Crippen MR) is 49.6 cm³/mol. The number of aromatic nitrogens is 2. The molecule has 2 rings (SSSR count). The maximum Gasteiger partial charge on any atom is 0.267 e. The Labute approximate surface area is 80.7 Å². The summed E-state index contributed by atoms with van der Waals surface area (Å²) in [4.78, 5) is 14.1. The van der Waals surface area contributed by atoms with Crippen LogP contribution in [0.2, 0.25) is 0 Å². The lowest BCUT2D eigenvalue weighted by molar-refractivity contribution is 0.0657. The molecule has 5 heteroatoms. The normalized spacial score (nSPS) is 16.7. The van der Waals surface area contributed by atoms with E-state index in [-0.39, 0.29) is 5.91 Å². The fourth-order valence-corrected chi connectivity index (χ4v) is 1.87. The van der Waals surface area contributed by atoms with E-state index in [1.807, 2.05) is 7.05 Å². The molecule has 0 unspecified atom stereocenters. The SMILES string of the molecule is CN(C(=O)c1cnns1)C1CCC1. The summed E-state index contributed by atoms with van der Waals surface area (Å²) in [5.74, 6) is 0.0553.